The average Bonchev–Trinajstić information content (AvgIpc) is 2.40. The normalized spacial score (nSPS) is 10.4. The molecule has 3 heteroatoms. The number of anilines is 2. The highest BCUT2D eigenvalue weighted by Gasteiger charge is 2.01. The minimum absolute atomic E-state index is 0.181. The zero-order valence-electron chi connectivity index (χ0n) is 11.1. The van der Waals surface area contributed by atoms with Gasteiger partial charge in [0, 0.05) is 17.9 Å². The van der Waals surface area contributed by atoms with E-state index in [1.165, 1.54) is 11.6 Å². The van der Waals surface area contributed by atoms with Gasteiger partial charge in [-0.05, 0) is 54.3 Å². The Morgan fingerprint density at radius 1 is 1.16 bits per heavy atom. The fourth-order valence-corrected chi connectivity index (χ4v) is 2.11. The van der Waals surface area contributed by atoms with Crippen LogP contribution in [-0.4, -0.2) is 6.54 Å². The van der Waals surface area contributed by atoms with E-state index in [2.05, 4.69) is 12.2 Å². The molecule has 0 saturated heterocycles. The van der Waals surface area contributed by atoms with Crippen molar-refractivity contribution in [1.29, 1.82) is 0 Å². The van der Waals surface area contributed by atoms with Gasteiger partial charge < -0.3 is 11.1 Å². The van der Waals surface area contributed by atoms with E-state index in [1.807, 2.05) is 24.3 Å². The molecule has 2 aromatic carbocycles. The summed E-state index contributed by atoms with van der Waals surface area (Å²) >= 11 is 0. The molecule has 0 amide bonds. The number of aryl methyl sites for hydroxylation is 1. The van der Waals surface area contributed by atoms with Gasteiger partial charge in [-0.1, -0.05) is 19.1 Å². The van der Waals surface area contributed by atoms with Crippen LogP contribution in [0.1, 0.15) is 18.1 Å². The zero-order chi connectivity index (χ0) is 13.7. The summed E-state index contributed by atoms with van der Waals surface area (Å²) in [4.78, 5) is 0. The average molecular weight is 258 g/mol. The second kappa shape index (κ2) is 6.23. The molecule has 3 N–H and O–H groups in total. The first-order valence-corrected chi connectivity index (χ1v) is 6.55. The number of nitrogens with one attached hydrogen (secondary N) is 1. The van der Waals surface area contributed by atoms with Crippen molar-refractivity contribution >= 4 is 11.4 Å². The van der Waals surface area contributed by atoms with E-state index in [1.54, 1.807) is 12.1 Å². The van der Waals surface area contributed by atoms with Crippen LogP contribution in [0.25, 0.3) is 0 Å². The molecule has 0 heterocycles. The maximum Gasteiger partial charge on any atom is 0.123 e. The number of hydrogen-bond donors (Lipinski definition) is 2. The van der Waals surface area contributed by atoms with Gasteiger partial charge in [0.15, 0.2) is 0 Å². The molecular weight excluding hydrogens is 239 g/mol. The Labute approximate surface area is 113 Å². The standard InChI is InChI=1S/C16H19FN2/c1-2-13-11-15(18)6-7-16(13)19-9-8-12-4-3-5-14(17)10-12/h3-7,10-11,19H,2,8-9,18H2,1H3. The maximum absolute atomic E-state index is 13.0. The lowest BCUT2D eigenvalue weighted by atomic mass is 10.1. The molecule has 0 saturated carbocycles. The summed E-state index contributed by atoms with van der Waals surface area (Å²) in [5, 5.41) is 3.38. The molecule has 0 bridgehead atoms. The minimum atomic E-state index is -0.181. The Bertz CT molecular complexity index is 552. The number of hydrogen-bond acceptors (Lipinski definition) is 2. The number of rotatable bonds is 5. The molecule has 0 aliphatic carbocycles. The van der Waals surface area contributed by atoms with E-state index in [4.69, 9.17) is 5.73 Å². The lowest BCUT2D eigenvalue weighted by Crippen LogP contribution is -2.07. The molecule has 0 aliphatic heterocycles. The molecule has 0 fully saturated rings. The summed E-state index contributed by atoms with van der Waals surface area (Å²) in [5.74, 6) is -0.181. The van der Waals surface area contributed by atoms with Gasteiger partial charge in [-0.2, -0.15) is 0 Å². The third kappa shape index (κ3) is 3.71. The van der Waals surface area contributed by atoms with Crippen LogP contribution in [-0.2, 0) is 12.8 Å². The molecule has 0 aromatic heterocycles. The fraction of sp³-hybridized carbons (Fsp3) is 0.250. The topological polar surface area (TPSA) is 38.0 Å². The summed E-state index contributed by atoms with van der Waals surface area (Å²) < 4.78 is 13.0. The van der Waals surface area contributed by atoms with Crippen LogP contribution in [0.2, 0.25) is 0 Å². The predicted octanol–water partition coefficient (Wildman–Crippen LogP) is 3.62. The van der Waals surface area contributed by atoms with Crippen molar-refractivity contribution in [1.82, 2.24) is 0 Å². The summed E-state index contributed by atoms with van der Waals surface area (Å²) in [6.45, 7) is 2.88. The number of nitrogen functional groups attached to an aromatic ring is 1. The van der Waals surface area contributed by atoms with E-state index in [-0.39, 0.29) is 5.82 Å². The monoisotopic (exact) mass is 258 g/mol. The van der Waals surface area contributed by atoms with Gasteiger partial charge in [0.2, 0.25) is 0 Å². The Balaban J connectivity index is 1.96. The molecule has 2 nitrogen and oxygen atoms in total. The molecule has 0 spiro atoms. The van der Waals surface area contributed by atoms with E-state index >= 15 is 0 Å². The third-order valence-electron chi connectivity index (χ3n) is 3.13. The van der Waals surface area contributed by atoms with Gasteiger partial charge in [-0.15, -0.1) is 0 Å². The van der Waals surface area contributed by atoms with Crippen LogP contribution in [0, 0.1) is 5.82 Å². The van der Waals surface area contributed by atoms with Gasteiger partial charge in [-0.3, -0.25) is 0 Å². The molecule has 2 rings (SSSR count). The number of benzene rings is 2. The van der Waals surface area contributed by atoms with Crippen LogP contribution < -0.4 is 11.1 Å². The van der Waals surface area contributed by atoms with Gasteiger partial charge in [-0.25, -0.2) is 4.39 Å². The fourth-order valence-electron chi connectivity index (χ4n) is 2.11. The summed E-state index contributed by atoms with van der Waals surface area (Å²) in [5.41, 5.74) is 9.87. The Kier molecular flexibility index (Phi) is 4.39. The molecule has 0 atom stereocenters. The smallest absolute Gasteiger partial charge is 0.123 e. The zero-order valence-corrected chi connectivity index (χ0v) is 11.1. The maximum atomic E-state index is 13.0. The van der Waals surface area contributed by atoms with Crippen LogP contribution >= 0.6 is 0 Å². The van der Waals surface area contributed by atoms with E-state index in [9.17, 15) is 4.39 Å². The second-order valence-electron chi connectivity index (χ2n) is 4.58. The van der Waals surface area contributed by atoms with E-state index in [0.29, 0.717) is 0 Å². The van der Waals surface area contributed by atoms with Crippen molar-refractivity contribution < 1.29 is 4.39 Å². The first-order valence-electron chi connectivity index (χ1n) is 6.55. The highest BCUT2D eigenvalue weighted by Crippen LogP contribution is 2.19. The van der Waals surface area contributed by atoms with Crippen molar-refractivity contribution in [2.45, 2.75) is 19.8 Å². The summed E-state index contributed by atoms with van der Waals surface area (Å²) in [6.07, 6.45) is 1.73. The SMILES string of the molecule is CCc1cc(N)ccc1NCCc1cccc(F)c1. The number of nitrogens with two attached hydrogens (primary N) is 1. The highest BCUT2D eigenvalue weighted by atomic mass is 19.1. The molecule has 0 unspecified atom stereocenters. The number of halogens is 1. The molecular formula is C16H19FN2. The third-order valence-corrected chi connectivity index (χ3v) is 3.13. The van der Waals surface area contributed by atoms with Crippen molar-refractivity contribution in [3.8, 4) is 0 Å². The van der Waals surface area contributed by atoms with Crippen LogP contribution in [0.4, 0.5) is 15.8 Å². The van der Waals surface area contributed by atoms with Gasteiger partial charge >= 0.3 is 0 Å². The summed E-state index contributed by atoms with van der Waals surface area (Å²) in [6, 6.07) is 12.6. The quantitative estimate of drug-likeness (QED) is 0.804. The van der Waals surface area contributed by atoms with Gasteiger partial charge in [0.05, 0.1) is 0 Å². The van der Waals surface area contributed by atoms with Gasteiger partial charge in [0.25, 0.3) is 0 Å². The van der Waals surface area contributed by atoms with Crippen LogP contribution in [0.5, 0.6) is 0 Å². The minimum Gasteiger partial charge on any atom is -0.399 e. The van der Waals surface area contributed by atoms with E-state index in [0.717, 1.165) is 36.3 Å². The molecule has 0 radical (unpaired) electrons. The lowest BCUT2D eigenvalue weighted by Gasteiger charge is -2.11. The summed E-state index contributed by atoms with van der Waals surface area (Å²) in [7, 11) is 0. The van der Waals surface area contributed by atoms with Crippen molar-refractivity contribution in [3.05, 3.63) is 59.4 Å². The molecule has 100 valence electrons. The van der Waals surface area contributed by atoms with Gasteiger partial charge in [0.1, 0.15) is 5.82 Å². The van der Waals surface area contributed by atoms with Crippen LogP contribution in [0.15, 0.2) is 42.5 Å². The predicted molar refractivity (Wildman–Crippen MR) is 78.8 cm³/mol. The van der Waals surface area contributed by atoms with Crippen molar-refractivity contribution in [3.63, 3.8) is 0 Å². The highest BCUT2D eigenvalue weighted by molar-refractivity contribution is 5.58. The lowest BCUT2D eigenvalue weighted by molar-refractivity contribution is 0.625. The van der Waals surface area contributed by atoms with Crippen LogP contribution in [0.3, 0.4) is 0 Å². The molecule has 19 heavy (non-hydrogen) atoms. The Hall–Kier alpha value is -2.03. The largest absolute Gasteiger partial charge is 0.399 e. The first-order chi connectivity index (χ1) is 9.19. The second-order valence-corrected chi connectivity index (χ2v) is 4.58. The van der Waals surface area contributed by atoms with Crippen molar-refractivity contribution in [2.24, 2.45) is 0 Å². The Morgan fingerprint density at radius 2 is 2.00 bits per heavy atom. The first kappa shape index (κ1) is 13.4. The van der Waals surface area contributed by atoms with Crippen molar-refractivity contribution in [2.75, 3.05) is 17.6 Å². The Morgan fingerprint density at radius 3 is 2.74 bits per heavy atom. The van der Waals surface area contributed by atoms with E-state index < -0.39 is 0 Å². The molecule has 0 aliphatic rings. The molecule has 2 aromatic rings.